The molecule has 1 aliphatic rings. The van der Waals surface area contributed by atoms with Gasteiger partial charge in [-0.25, -0.2) is 0 Å². The number of halogens is 5. The zero-order valence-corrected chi connectivity index (χ0v) is 13.4. The van der Waals surface area contributed by atoms with Crippen molar-refractivity contribution in [3.63, 3.8) is 0 Å². The monoisotopic (exact) mass is 379 g/mol. The second kappa shape index (κ2) is 6.14. The predicted octanol–water partition coefficient (Wildman–Crippen LogP) is 4.95. The van der Waals surface area contributed by atoms with Crippen molar-refractivity contribution in [2.45, 2.75) is 12.9 Å². The van der Waals surface area contributed by atoms with E-state index in [4.69, 9.17) is 27.9 Å². The number of ether oxygens (including phenoxy) is 2. The number of anilines is 1. The smallest absolute Gasteiger partial charge is 0.506 e. The Morgan fingerprint density at radius 3 is 2.42 bits per heavy atom. The van der Waals surface area contributed by atoms with Gasteiger partial charge in [0.25, 0.3) is 0 Å². The summed E-state index contributed by atoms with van der Waals surface area (Å²) in [5.74, 6) is -0.122. The van der Waals surface area contributed by atoms with Crippen LogP contribution in [0.5, 0.6) is 17.2 Å². The lowest BCUT2D eigenvalue weighted by Gasteiger charge is -2.31. The molecule has 0 fully saturated rings. The molecular weight excluding hydrogens is 370 g/mol. The number of phenols is 1. The fourth-order valence-electron chi connectivity index (χ4n) is 2.35. The molecule has 1 heterocycles. The van der Waals surface area contributed by atoms with E-state index in [1.54, 1.807) is 4.90 Å². The summed E-state index contributed by atoms with van der Waals surface area (Å²) in [5.41, 5.74) is 1.00. The maximum Gasteiger partial charge on any atom is 0.573 e. The van der Waals surface area contributed by atoms with Gasteiger partial charge in [-0.15, -0.1) is 13.2 Å². The van der Waals surface area contributed by atoms with Gasteiger partial charge in [-0.1, -0.05) is 23.2 Å². The van der Waals surface area contributed by atoms with Crippen LogP contribution < -0.4 is 14.4 Å². The number of rotatable bonds is 2. The summed E-state index contributed by atoms with van der Waals surface area (Å²) in [6, 6.07) is 6.69. The number of fused-ring (bicyclic) bond motifs is 1. The van der Waals surface area contributed by atoms with Crippen LogP contribution in [0.3, 0.4) is 0 Å². The first-order valence-corrected chi connectivity index (χ1v) is 7.43. The summed E-state index contributed by atoms with van der Waals surface area (Å²) >= 11 is 11.9. The van der Waals surface area contributed by atoms with Crippen LogP contribution in [0.25, 0.3) is 0 Å². The van der Waals surface area contributed by atoms with Crippen molar-refractivity contribution in [2.24, 2.45) is 0 Å². The Hall–Kier alpha value is -1.99. The molecule has 0 aromatic heterocycles. The van der Waals surface area contributed by atoms with Crippen molar-refractivity contribution in [2.75, 3.05) is 11.6 Å². The van der Waals surface area contributed by atoms with Crippen LogP contribution in [0.4, 0.5) is 18.9 Å². The number of hydrogen-bond donors (Lipinski definition) is 1. The number of phenolic OH excluding ortho intramolecular Hbond substituents is 1. The van der Waals surface area contributed by atoms with E-state index in [9.17, 15) is 18.3 Å². The van der Waals surface area contributed by atoms with E-state index in [1.165, 1.54) is 30.3 Å². The molecule has 0 atom stereocenters. The largest absolute Gasteiger partial charge is 0.573 e. The second-order valence-corrected chi connectivity index (χ2v) is 5.82. The Labute approximate surface area is 144 Å². The van der Waals surface area contributed by atoms with Crippen molar-refractivity contribution in [1.29, 1.82) is 0 Å². The molecule has 0 saturated heterocycles. The maximum absolute atomic E-state index is 12.2. The first-order valence-electron chi connectivity index (χ1n) is 6.68. The predicted molar refractivity (Wildman–Crippen MR) is 82.9 cm³/mol. The molecule has 0 saturated carbocycles. The van der Waals surface area contributed by atoms with Crippen molar-refractivity contribution in [3.05, 3.63) is 45.9 Å². The van der Waals surface area contributed by atoms with Gasteiger partial charge < -0.3 is 19.5 Å². The van der Waals surface area contributed by atoms with Crippen molar-refractivity contribution >= 4 is 28.9 Å². The highest BCUT2D eigenvalue weighted by Crippen LogP contribution is 2.43. The third-order valence-corrected chi connectivity index (χ3v) is 3.97. The maximum atomic E-state index is 12.2. The van der Waals surface area contributed by atoms with Crippen molar-refractivity contribution in [3.8, 4) is 17.2 Å². The molecule has 0 unspecified atom stereocenters. The molecule has 0 spiro atoms. The Bertz CT molecular complexity index is 766. The first-order chi connectivity index (χ1) is 11.2. The number of benzene rings is 2. The van der Waals surface area contributed by atoms with Gasteiger partial charge in [0, 0.05) is 5.69 Å². The zero-order valence-electron chi connectivity index (χ0n) is 11.9. The number of nitrogens with zero attached hydrogens (tertiary/aromatic N) is 1. The lowest BCUT2D eigenvalue weighted by atomic mass is 10.1. The van der Waals surface area contributed by atoms with E-state index in [1.807, 2.05) is 0 Å². The average Bonchev–Trinajstić information content (AvgIpc) is 2.51. The molecule has 0 amide bonds. The molecule has 4 nitrogen and oxygen atoms in total. The van der Waals surface area contributed by atoms with Crippen molar-refractivity contribution < 1.29 is 27.8 Å². The normalized spacial score (nSPS) is 14.1. The van der Waals surface area contributed by atoms with E-state index in [2.05, 4.69) is 4.74 Å². The molecule has 2 aromatic carbocycles. The molecule has 0 radical (unpaired) electrons. The second-order valence-electron chi connectivity index (χ2n) is 5.01. The molecule has 9 heteroatoms. The summed E-state index contributed by atoms with van der Waals surface area (Å²) in [5, 5.41) is 10.4. The quantitative estimate of drug-likeness (QED) is 0.800. The molecule has 2 aromatic rings. The number of aromatic hydroxyl groups is 1. The van der Waals surface area contributed by atoms with E-state index in [0.717, 1.165) is 0 Å². The highest BCUT2D eigenvalue weighted by molar-refractivity contribution is 6.36. The topological polar surface area (TPSA) is 41.9 Å². The summed E-state index contributed by atoms with van der Waals surface area (Å²) in [6.45, 7) is 0.355. The fourth-order valence-corrected chi connectivity index (χ4v) is 2.90. The van der Waals surface area contributed by atoms with Gasteiger partial charge in [0.1, 0.15) is 17.2 Å². The number of hydrogen-bond acceptors (Lipinski definition) is 4. The van der Waals surface area contributed by atoms with Gasteiger partial charge in [0.15, 0.2) is 6.73 Å². The van der Waals surface area contributed by atoms with Gasteiger partial charge in [-0.05, 0) is 30.3 Å². The van der Waals surface area contributed by atoms with Crippen LogP contribution >= 0.6 is 23.2 Å². The van der Waals surface area contributed by atoms with E-state index >= 15 is 0 Å². The van der Waals surface area contributed by atoms with Crippen LogP contribution in [0.1, 0.15) is 5.56 Å². The highest BCUT2D eigenvalue weighted by Gasteiger charge is 2.31. The molecule has 0 aliphatic carbocycles. The Balaban J connectivity index is 1.83. The van der Waals surface area contributed by atoms with Crippen LogP contribution in [-0.2, 0) is 6.54 Å². The molecule has 128 valence electrons. The summed E-state index contributed by atoms with van der Waals surface area (Å²) < 4.78 is 45.9. The third kappa shape index (κ3) is 3.42. The fraction of sp³-hybridized carbons (Fsp3) is 0.200. The van der Waals surface area contributed by atoms with Crippen LogP contribution in [0, 0.1) is 0 Å². The number of alkyl halides is 3. The standard InChI is InChI=1S/C15H10Cl2F3NO3/c16-11-5-12(17)14-10(13(11)22)6-21(7-23-14)8-1-3-9(4-2-8)24-15(18,19)20/h1-5,22H,6-7H2. The summed E-state index contributed by atoms with van der Waals surface area (Å²) in [6.07, 6.45) is -4.74. The Morgan fingerprint density at radius 2 is 1.79 bits per heavy atom. The molecule has 0 bridgehead atoms. The van der Waals surface area contributed by atoms with Crippen LogP contribution in [-0.4, -0.2) is 18.2 Å². The Kier molecular flexibility index (Phi) is 4.31. The Morgan fingerprint density at radius 1 is 1.12 bits per heavy atom. The van der Waals surface area contributed by atoms with Gasteiger partial charge in [0.05, 0.1) is 22.2 Å². The summed E-state index contributed by atoms with van der Waals surface area (Å²) in [7, 11) is 0. The molecule has 1 N–H and O–H groups in total. The lowest BCUT2D eigenvalue weighted by Crippen LogP contribution is -2.32. The van der Waals surface area contributed by atoms with Gasteiger partial charge in [-0.3, -0.25) is 0 Å². The van der Waals surface area contributed by atoms with E-state index in [-0.39, 0.29) is 34.8 Å². The van der Waals surface area contributed by atoms with Crippen LogP contribution in [0.15, 0.2) is 30.3 Å². The minimum atomic E-state index is -4.74. The zero-order chi connectivity index (χ0) is 17.5. The van der Waals surface area contributed by atoms with E-state index in [0.29, 0.717) is 17.0 Å². The summed E-state index contributed by atoms with van der Waals surface area (Å²) in [4.78, 5) is 1.70. The lowest BCUT2D eigenvalue weighted by molar-refractivity contribution is -0.274. The molecular formula is C15H10Cl2F3NO3. The van der Waals surface area contributed by atoms with Gasteiger partial charge in [0.2, 0.25) is 0 Å². The van der Waals surface area contributed by atoms with E-state index < -0.39 is 6.36 Å². The molecule has 3 rings (SSSR count). The highest BCUT2D eigenvalue weighted by atomic mass is 35.5. The molecule has 1 aliphatic heterocycles. The minimum Gasteiger partial charge on any atom is -0.506 e. The third-order valence-electron chi connectivity index (χ3n) is 3.41. The van der Waals surface area contributed by atoms with Crippen molar-refractivity contribution in [1.82, 2.24) is 0 Å². The molecule has 24 heavy (non-hydrogen) atoms. The van der Waals surface area contributed by atoms with Gasteiger partial charge >= 0.3 is 6.36 Å². The first kappa shape index (κ1) is 16.9. The van der Waals surface area contributed by atoms with Crippen LogP contribution in [0.2, 0.25) is 10.0 Å². The average molecular weight is 380 g/mol. The minimum absolute atomic E-state index is 0.0955. The SMILES string of the molecule is Oc1c(Cl)cc(Cl)c2c1CN(c1ccc(OC(F)(F)F)cc1)CO2. The van der Waals surface area contributed by atoms with Gasteiger partial charge in [-0.2, -0.15) is 0 Å².